The Kier molecular flexibility index (Phi) is 2.85. The molecule has 0 spiro atoms. The Morgan fingerprint density at radius 2 is 1.95 bits per heavy atom. The van der Waals surface area contributed by atoms with Crippen LogP contribution in [0, 0.1) is 0 Å². The Balaban J connectivity index is 1.86. The minimum Gasteiger partial charge on any atom is -0.370 e. The van der Waals surface area contributed by atoms with E-state index >= 15 is 0 Å². The van der Waals surface area contributed by atoms with Crippen molar-refractivity contribution in [2.75, 3.05) is 11.9 Å². The molecule has 0 saturated heterocycles. The summed E-state index contributed by atoms with van der Waals surface area (Å²) >= 11 is 0. The van der Waals surface area contributed by atoms with Crippen molar-refractivity contribution in [2.24, 2.45) is 0 Å². The average Bonchev–Trinajstić information content (AvgIpc) is 2.82. The SMILES string of the molecule is CC(C)(C)c1cc2n(n1)CC(c1ccccc1)CN2. The summed E-state index contributed by atoms with van der Waals surface area (Å²) in [6.07, 6.45) is 0. The minimum absolute atomic E-state index is 0.105. The Hall–Kier alpha value is -1.77. The monoisotopic (exact) mass is 255 g/mol. The fourth-order valence-corrected chi connectivity index (χ4v) is 2.51. The van der Waals surface area contributed by atoms with E-state index in [9.17, 15) is 0 Å². The molecule has 2 aromatic rings. The van der Waals surface area contributed by atoms with E-state index in [1.807, 2.05) is 0 Å². The van der Waals surface area contributed by atoms with Crippen molar-refractivity contribution in [1.82, 2.24) is 9.78 Å². The van der Waals surface area contributed by atoms with Gasteiger partial charge < -0.3 is 5.32 Å². The van der Waals surface area contributed by atoms with E-state index in [0.29, 0.717) is 5.92 Å². The van der Waals surface area contributed by atoms with Gasteiger partial charge in [-0.15, -0.1) is 0 Å². The molecular weight excluding hydrogens is 234 g/mol. The lowest BCUT2D eigenvalue weighted by atomic mass is 9.92. The Morgan fingerprint density at radius 3 is 2.63 bits per heavy atom. The standard InChI is InChI=1S/C16H21N3/c1-16(2,3)14-9-15-17-10-13(11-19(15)18-14)12-7-5-4-6-8-12/h4-9,13,17H,10-11H2,1-3H3. The maximum absolute atomic E-state index is 4.75. The molecule has 1 unspecified atom stereocenters. The van der Waals surface area contributed by atoms with Gasteiger partial charge >= 0.3 is 0 Å². The smallest absolute Gasteiger partial charge is 0.124 e. The van der Waals surface area contributed by atoms with Gasteiger partial charge in [0.1, 0.15) is 5.82 Å². The summed E-state index contributed by atoms with van der Waals surface area (Å²) in [4.78, 5) is 0. The molecule has 1 aromatic heterocycles. The van der Waals surface area contributed by atoms with Crippen LogP contribution < -0.4 is 5.32 Å². The third-order valence-electron chi connectivity index (χ3n) is 3.74. The molecule has 1 N–H and O–H groups in total. The lowest BCUT2D eigenvalue weighted by Crippen LogP contribution is -2.26. The van der Waals surface area contributed by atoms with Gasteiger partial charge in [-0.25, -0.2) is 4.68 Å². The number of aromatic nitrogens is 2. The first kappa shape index (κ1) is 12.3. The quantitative estimate of drug-likeness (QED) is 0.846. The molecule has 3 rings (SSSR count). The predicted octanol–water partition coefficient (Wildman–Crippen LogP) is 3.39. The minimum atomic E-state index is 0.105. The van der Waals surface area contributed by atoms with E-state index in [4.69, 9.17) is 5.10 Å². The molecule has 3 nitrogen and oxygen atoms in total. The number of anilines is 1. The lowest BCUT2D eigenvalue weighted by Gasteiger charge is -2.25. The molecule has 100 valence electrons. The topological polar surface area (TPSA) is 29.9 Å². The molecule has 3 heteroatoms. The van der Waals surface area contributed by atoms with Gasteiger partial charge in [0, 0.05) is 23.9 Å². The van der Waals surface area contributed by atoms with E-state index in [0.717, 1.165) is 24.6 Å². The number of hydrogen-bond donors (Lipinski definition) is 1. The second-order valence-electron chi connectivity index (χ2n) is 6.34. The molecule has 2 heterocycles. The molecular formula is C16H21N3. The molecule has 0 saturated carbocycles. The highest BCUT2D eigenvalue weighted by Crippen LogP contribution is 2.29. The lowest BCUT2D eigenvalue weighted by molar-refractivity contribution is 0.483. The predicted molar refractivity (Wildman–Crippen MR) is 78.6 cm³/mol. The van der Waals surface area contributed by atoms with Crippen molar-refractivity contribution >= 4 is 5.82 Å². The summed E-state index contributed by atoms with van der Waals surface area (Å²) in [6.45, 7) is 8.56. The van der Waals surface area contributed by atoms with Gasteiger partial charge in [-0.05, 0) is 5.56 Å². The molecule has 1 aromatic carbocycles. The van der Waals surface area contributed by atoms with E-state index in [2.05, 4.69) is 67.2 Å². The van der Waals surface area contributed by atoms with Crippen molar-refractivity contribution in [3.05, 3.63) is 47.7 Å². The van der Waals surface area contributed by atoms with E-state index < -0.39 is 0 Å². The highest BCUT2D eigenvalue weighted by molar-refractivity contribution is 5.42. The fraction of sp³-hybridized carbons (Fsp3) is 0.438. The van der Waals surface area contributed by atoms with Crippen molar-refractivity contribution in [2.45, 2.75) is 38.6 Å². The first-order chi connectivity index (χ1) is 9.04. The van der Waals surface area contributed by atoms with Crippen LogP contribution >= 0.6 is 0 Å². The highest BCUT2D eigenvalue weighted by atomic mass is 15.3. The second kappa shape index (κ2) is 4.41. The average molecular weight is 255 g/mol. The van der Waals surface area contributed by atoms with E-state index in [1.165, 1.54) is 5.56 Å². The number of rotatable bonds is 1. The van der Waals surface area contributed by atoms with Crippen molar-refractivity contribution in [3.63, 3.8) is 0 Å². The summed E-state index contributed by atoms with van der Waals surface area (Å²) < 4.78 is 2.11. The zero-order valence-corrected chi connectivity index (χ0v) is 11.9. The molecule has 0 aliphatic carbocycles. The summed E-state index contributed by atoms with van der Waals surface area (Å²) in [5, 5.41) is 8.26. The number of fused-ring (bicyclic) bond motifs is 1. The third-order valence-corrected chi connectivity index (χ3v) is 3.74. The summed E-state index contributed by atoms with van der Waals surface area (Å²) in [5.41, 5.74) is 2.64. The van der Waals surface area contributed by atoms with Gasteiger partial charge in [0.05, 0.1) is 12.2 Å². The molecule has 19 heavy (non-hydrogen) atoms. The van der Waals surface area contributed by atoms with E-state index in [-0.39, 0.29) is 5.41 Å². The van der Waals surface area contributed by atoms with Gasteiger partial charge in [0.25, 0.3) is 0 Å². The number of benzene rings is 1. The number of nitrogens with one attached hydrogen (secondary N) is 1. The first-order valence-corrected chi connectivity index (χ1v) is 6.91. The van der Waals surface area contributed by atoms with Crippen molar-refractivity contribution in [1.29, 1.82) is 0 Å². The van der Waals surface area contributed by atoms with Gasteiger partial charge in [0.15, 0.2) is 0 Å². The van der Waals surface area contributed by atoms with Gasteiger partial charge in [-0.2, -0.15) is 5.10 Å². The summed E-state index contributed by atoms with van der Waals surface area (Å²) in [6, 6.07) is 12.9. The van der Waals surface area contributed by atoms with Crippen LogP contribution in [-0.4, -0.2) is 16.3 Å². The summed E-state index contributed by atoms with van der Waals surface area (Å²) in [7, 11) is 0. The second-order valence-corrected chi connectivity index (χ2v) is 6.34. The molecule has 0 amide bonds. The number of hydrogen-bond acceptors (Lipinski definition) is 2. The molecule has 0 fully saturated rings. The van der Waals surface area contributed by atoms with Crippen molar-refractivity contribution in [3.8, 4) is 0 Å². The first-order valence-electron chi connectivity index (χ1n) is 6.91. The van der Waals surface area contributed by atoms with Crippen LogP contribution in [0.1, 0.15) is 37.9 Å². The molecule has 1 aliphatic heterocycles. The zero-order valence-electron chi connectivity index (χ0n) is 11.9. The maximum Gasteiger partial charge on any atom is 0.124 e. The van der Waals surface area contributed by atoms with Gasteiger partial charge in [-0.3, -0.25) is 0 Å². The van der Waals surface area contributed by atoms with Gasteiger partial charge in [0.2, 0.25) is 0 Å². The van der Waals surface area contributed by atoms with Crippen LogP contribution in [-0.2, 0) is 12.0 Å². The molecule has 0 bridgehead atoms. The van der Waals surface area contributed by atoms with Gasteiger partial charge in [-0.1, -0.05) is 51.1 Å². The summed E-state index contributed by atoms with van der Waals surface area (Å²) in [5.74, 6) is 1.65. The van der Waals surface area contributed by atoms with Crippen LogP contribution in [0.3, 0.4) is 0 Å². The largest absolute Gasteiger partial charge is 0.370 e. The zero-order chi connectivity index (χ0) is 13.5. The van der Waals surface area contributed by atoms with Crippen LogP contribution in [0.4, 0.5) is 5.82 Å². The Morgan fingerprint density at radius 1 is 1.21 bits per heavy atom. The highest BCUT2D eigenvalue weighted by Gasteiger charge is 2.24. The van der Waals surface area contributed by atoms with Crippen LogP contribution in [0.2, 0.25) is 0 Å². The Bertz CT molecular complexity index is 563. The van der Waals surface area contributed by atoms with Crippen molar-refractivity contribution < 1.29 is 0 Å². The molecule has 1 atom stereocenters. The van der Waals surface area contributed by atoms with Crippen LogP contribution in [0.5, 0.6) is 0 Å². The maximum atomic E-state index is 4.75. The molecule has 0 radical (unpaired) electrons. The fourth-order valence-electron chi connectivity index (χ4n) is 2.51. The third kappa shape index (κ3) is 2.37. The Labute approximate surface area is 114 Å². The van der Waals surface area contributed by atoms with E-state index in [1.54, 1.807) is 0 Å². The van der Waals surface area contributed by atoms with Crippen LogP contribution in [0.25, 0.3) is 0 Å². The van der Waals surface area contributed by atoms with Crippen LogP contribution in [0.15, 0.2) is 36.4 Å². The number of nitrogens with zero attached hydrogens (tertiary/aromatic N) is 2. The molecule has 1 aliphatic rings. The normalized spacial score (nSPS) is 18.8.